The molecule has 0 unspecified atom stereocenters. The molecular weight excluding hydrogens is 154 g/mol. The topological polar surface area (TPSA) is 43.1 Å². The minimum absolute atomic E-state index is 0.438. The van der Waals surface area contributed by atoms with Gasteiger partial charge in [-0.3, -0.25) is 4.79 Å². The van der Waals surface area contributed by atoms with Gasteiger partial charge in [-0.2, -0.15) is 0 Å². The van der Waals surface area contributed by atoms with Crippen molar-refractivity contribution in [3.63, 3.8) is 0 Å². The number of aromatic nitrogens is 1. The van der Waals surface area contributed by atoms with Crippen LogP contribution in [0.1, 0.15) is 47.7 Å². The van der Waals surface area contributed by atoms with Gasteiger partial charge in [0.1, 0.15) is 5.76 Å². The molecule has 1 aromatic heterocycles. The number of rotatable bonds is 2. The van der Waals surface area contributed by atoms with E-state index in [4.69, 9.17) is 4.52 Å². The first-order valence-electron chi connectivity index (χ1n) is 4.31. The summed E-state index contributed by atoms with van der Waals surface area (Å²) in [5, 5.41) is 3.63. The maximum atomic E-state index is 10.5. The van der Waals surface area contributed by atoms with Gasteiger partial charge >= 0.3 is 0 Å². The van der Waals surface area contributed by atoms with Gasteiger partial charge in [0, 0.05) is 5.92 Å². The molecule has 1 fully saturated rings. The van der Waals surface area contributed by atoms with Crippen molar-refractivity contribution in [2.45, 2.75) is 31.6 Å². The summed E-state index contributed by atoms with van der Waals surface area (Å²) in [6.07, 6.45) is 7.07. The zero-order valence-corrected chi connectivity index (χ0v) is 6.82. The van der Waals surface area contributed by atoms with Gasteiger partial charge in [-0.05, 0) is 12.8 Å². The predicted octanol–water partition coefficient (Wildman–Crippen LogP) is 2.14. The highest BCUT2D eigenvalue weighted by atomic mass is 16.5. The zero-order valence-electron chi connectivity index (χ0n) is 6.82. The van der Waals surface area contributed by atoms with Crippen LogP contribution in [0.4, 0.5) is 0 Å². The van der Waals surface area contributed by atoms with Crippen LogP contribution in [0.5, 0.6) is 0 Å². The van der Waals surface area contributed by atoms with Crippen molar-refractivity contribution in [1.29, 1.82) is 0 Å². The molecule has 1 heterocycles. The third-order valence-electron chi connectivity index (χ3n) is 2.48. The second-order valence-electron chi connectivity index (χ2n) is 3.24. The summed E-state index contributed by atoms with van der Waals surface area (Å²) in [6, 6.07) is 0. The lowest BCUT2D eigenvalue weighted by Crippen LogP contribution is -1.93. The van der Waals surface area contributed by atoms with Crippen molar-refractivity contribution < 1.29 is 9.32 Å². The van der Waals surface area contributed by atoms with Crippen molar-refractivity contribution in [2.24, 2.45) is 0 Å². The van der Waals surface area contributed by atoms with E-state index in [0.717, 1.165) is 24.9 Å². The Bertz CT molecular complexity index is 274. The summed E-state index contributed by atoms with van der Waals surface area (Å²) < 4.78 is 5.06. The highest BCUT2D eigenvalue weighted by molar-refractivity contribution is 5.75. The SMILES string of the molecule is O=Cc1cnoc1C1CCCC1. The molecule has 0 aromatic carbocycles. The average Bonchev–Trinajstić information content (AvgIpc) is 2.74. The maximum absolute atomic E-state index is 10.5. The highest BCUT2D eigenvalue weighted by Gasteiger charge is 2.23. The van der Waals surface area contributed by atoms with Gasteiger partial charge in [-0.15, -0.1) is 0 Å². The number of nitrogens with zero attached hydrogens (tertiary/aromatic N) is 1. The van der Waals surface area contributed by atoms with Crippen molar-refractivity contribution in [1.82, 2.24) is 5.16 Å². The fraction of sp³-hybridized carbons (Fsp3) is 0.556. The van der Waals surface area contributed by atoms with Crippen LogP contribution in [0.15, 0.2) is 10.7 Å². The molecule has 12 heavy (non-hydrogen) atoms. The molecule has 0 N–H and O–H groups in total. The normalized spacial score (nSPS) is 18.3. The molecule has 1 aliphatic carbocycles. The molecular formula is C9H11NO2. The van der Waals surface area contributed by atoms with Crippen molar-refractivity contribution in [2.75, 3.05) is 0 Å². The Morgan fingerprint density at radius 1 is 1.50 bits per heavy atom. The number of hydrogen-bond donors (Lipinski definition) is 0. The van der Waals surface area contributed by atoms with Crippen LogP contribution in [-0.2, 0) is 0 Å². The van der Waals surface area contributed by atoms with E-state index < -0.39 is 0 Å². The van der Waals surface area contributed by atoms with Gasteiger partial charge < -0.3 is 4.52 Å². The smallest absolute Gasteiger partial charge is 0.155 e. The molecule has 0 saturated heterocycles. The molecule has 0 atom stereocenters. The molecule has 0 amide bonds. The van der Waals surface area contributed by atoms with E-state index >= 15 is 0 Å². The Labute approximate surface area is 70.7 Å². The predicted molar refractivity (Wildman–Crippen MR) is 43.1 cm³/mol. The van der Waals surface area contributed by atoms with Gasteiger partial charge in [-0.1, -0.05) is 18.0 Å². The Morgan fingerprint density at radius 3 is 2.92 bits per heavy atom. The summed E-state index contributed by atoms with van der Waals surface area (Å²) in [5.74, 6) is 1.23. The van der Waals surface area contributed by atoms with Crippen LogP contribution >= 0.6 is 0 Å². The Hall–Kier alpha value is -1.12. The molecule has 1 aliphatic rings. The molecule has 0 aliphatic heterocycles. The van der Waals surface area contributed by atoms with Crippen LogP contribution in [0.3, 0.4) is 0 Å². The molecule has 0 radical (unpaired) electrons. The van der Waals surface area contributed by atoms with Crippen molar-refractivity contribution in [3.05, 3.63) is 17.5 Å². The number of aldehydes is 1. The van der Waals surface area contributed by atoms with Crippen LogP contribution < -0.4 is 0 Å². The van der Waals surface area contributed by atoms with E-state index in [9.17, 15) is 4.79 Å². The average molecular weight is 165 g/mol. The second kappa shape index (κ2) is 3.09. The third-order valence-corrected chi connectivity index (χ3v) is 2.48. The van der Waals surface area contributed by atoms with Crippen LogP contribution in [0.2, 0.25) is 0 Å². The minimum atomic E-state index is 0.438. The van der Waals surface area contributed by atoms with Crippen LogP contribution in [0, 0.1) is 0 Å². The molecule has 0 spiro atoms. The summed E-state index contributed by atoms with van der Waals surface area (Å²) in [4.78, 5) is 10.5. The van der Waals surface area contributed by atoms with Gasteiger partial charge in [0.05, 0.1) is 11.8 Å². The standard InChI is InChI=1S/C9H11NO2/c11-6-8-5-10-12-9(8)7-3-1-2-4-7/h5-7H,1-4H2. The minimum Gasteiger partial charge on any atom is -0.360 e. The maximum Gasteiger partial charge on any atom is 0.155 e. The Kier molecular flexibility index (Phi) is 1.94. The summed E-state index contributed by atoms with van der Waals surface area (Å²) >= 11 is 0. The largest absolute Gasteiger partial charge is 0.360 e. The summed E-state index contributed by atoms with van der Waals surface area (Å²) in [5.41, 5.74) is 0.627. The Balaban J connectivity index is 2.25. The Morgan fingerprint density at radius 2 is 2.25 bits per heavy atom. The zero-order chi connectivity index (χ0) is 8.39. The molecule has 1 saturated carbocycles. The molecule has 64 valence electrons. The van der Waals surface area contributed by atoms with Crippen LogP contribution in [-0.4, -0.2) is 11.4 Å². The second-order valence-corrected chi connectivity index (χ2v) is 3.24. The lowest BCUT2D eigenvalue weighted by atomic mass is 10.0. The monoisotopic (exact) mass is 165 g/mol. The number of carbonyl (C=O) groups excluding carboxylic acids is 1. The van der Waals surface area contributed by atoms with Crippen LogP contribution in [0.25, 0.3) is 0 Å². The van der Waals surface area contributed by atoms with Crippen molar-refractivity contribution in [3.8, 4) is 0 Å². The highest BCUT2D eigenvalue weighted by Crippen LogP contribution is 2.35. The molecule has 1 aromatic rings. The van der Waals surface area contributed by atoms with Gasteiger partial charge in [0.25, 0.3) is 0 Å². The first-order chi connectivity index (χ1) is 5.92. The summed E-state index contributed by atoms with van der Waals surface area (Å²) in [7, 11) is 0. The molecule has 3 nitrogen and oxygen atoms in total. The van der Waals surface area contributed by atoms with E-state index in [1.54, 1.807) is 0 Å². The first kappa shape index (κ1) is 7.53. The summed E-state index contributed by atoms with van der Waals surface area (Å²) in [6.45, 7) is 0. The van der Waals surface area contributed by atoms with E-state index in [0.29, 0.717) is 11.5 Å². The van der Waals surface area contributed by atoms with Gasteiger partial charge in [0.2, 0.25) is 0 Å². The molecule has 3 heteroatoms. The third kappa shape index (κ3) is 1.15. The van der Waals surface area contributed by atoms with E-state index in [2.05, 4.69) is 5.16 Å². The number of hydrogen-bond acceptors (Lipinski definition) is 3. The molecule has 0 bridgehead atoms. The van der Waals surface area contributed by atoms with E-state index in [1.165, 1.54) is 19.0 Å². The lowest BCUT2D eigenvalue weighted by molar-refractivity contribution is 0.112. The first-order valence-corrected chi connectivity index (χ1v) is 4.31. The fourth-order valence-electron chi connectivity index (χ4n) is 1.84. The van der Waals surface area contributed by atoms with E-state index in [-0.39, 0.29) is 0 Å². The quantitative estimate of drug-likeness (QED) is 0.630. The lowest BCUT2D eigenvalue weighted by Gasteiger charge is -2.02. The number of carbonyl (C=O) groups is 1. The van der Waals surface area contributed by atoms with Crippen molar-refractivity contribution >= 4 is 6.29 Å². The van der Waals surface area contributed by atoms with Gasteiger partial charge in [-0.25, -0.2) is 0 Å². The van der Waals surface area contributed by atoms with Gasteiger partial charge in [0.15, 0.2) is 6.29 Å². The molecule has 2 rings (SSSR count). The van der Waals surface area contributed by atoms with E-state index in [1.807, 2.05) is 0 Å². The fourth-order valence-corrected chi connectivity index (χ4v) is 1.84.